The van der Waals surface area contributed by atoms with Crippen LogP contribution >= 0.6 is 0 Å². The fourth-order valence-electron chi connectivity index (χ4n) is 2.02. The number of nitrogens with zero attached hydrogens (tertiary/aromatic N) is 2. The Labute approximate surface area is 115 Å². The van der Waals surface area contributed by atoms with Crippen LogP contribution in [0.1, 0.15) is 16.2 Å². The molecule has 100 valence electrons. The van der Waals surface area contributed by atoms with E-state index >= 15 is 0 Å². The Morgan fingerprint density at radius 2 is 1.90 bits per heavy atom. The van der Waals surface area contributed by atoms with Crippen molar-refractivity contribution < 1.29 is 14.6 Å². The number of para-hydroxylation sites is 1. The molecule has 0 bridgehead atoms. The van der Waals surface area contributed by atoms with Crippen molar-refractivity contribution in [3.63, 3.8) is 0 Å². The van der Waals surface area contributed by atoms with Gasteiger partial charge in [0.05, 0.1) is 5.69 Å². The van der Waals surface area contributed by atoms with Gasteiger partial charge in [-0.2, -0.15) is 0 Å². The number of carboxylic acid groups (broad SMARTS) is 1. The first kappa shape index (κ1) is 12.2. The van der Waals surface area contributed by atoms with E-state index in [0.29, 0.717) is 17.1 Å². The molecule has 1 aromatic carbocycles. The summed E-state index contributed by atoms with van der Waals surface area (Å²) in [7, 11) is 0. The summed E-state index contributed by atoms with van der Waals surface area (Å²) in [4.78, 5) is 15.4. The number of ether oxygens (including phenoxy) is 1. The molecule has 0 unspecified atom stereocenters. The molecule has 0 atom stereocenters. The molecular formula is C15H12N2O3. The number of carboxylic acids is 1. The van der Waals surface area contributed by atoms with E-state index in [1.54, 1.807) is 16.7 Å². The normalized spacial score (nSPS) is 10.6. The number of carbonyl (C=O) groups is 1. The van der Waals surface area contributed by atoms with Gasteiger partial charge in [-0.15, -0.1) is 0 Å². The third-order valence-corrected chi connectivity index (χ3v) is 2.95. The van der Waals surface area contributed by atoms with E-state index in [1.807, 2.05) is 42.5 Å². The van der Waals surface area contributed by atoms with E-state index in [0.717, 1.165) is 0 Å². The van der Waals surface area contributed by atoms with Crippen molar-refractivity contribution >= 4 is 11.6 Å². The van der Waals surface area contributed by atoms with Crippen LogP contribution in [0.5, 0.6) is 5.75 Å². The Hall–Kier alpha value is -2.82. The number of imidazole rings is 1. The van der Waals surface area contributed by atoms with Crippen LogP contribution in [-0.2, 0) is 6.61 Å². The first-order chi connectivity index (χ1) is 9.75. The van der Waals surface area contributed by atoms with Crippen LogP contribution < -0.4 is 4.74 Å². The molecule has 0 aliphatic carbocycles. The summed E-state index contributed by atoms with van der Waals surface area (Å²) < 4.78 is 7.35. The van der Waals surface area contributed by atoms with Crippen molar-refractivity contribution in [2.75, 3.05) is 0 Å². The Morgan fingerprint density at radius 3 is 2.65 bits per heavy atom. The van der Waals surface area contributed by atoms with Crippen molar-refractivity contribution in [1.82, 2.24) is 9.38 Å². The molecule has 5 heteroatoms. The summed E-state index contributed by atoms with van der Waals surface area (Å²) in [6.07, 6.45) is 1.78. The number of aromatic carboxylic acids is 1. The number of rotatable bonds is 4. The second kappa shape index (κ2) is 5.05. The fourth-order valence-corrected chi connectivity index (χ4v) is 2.02. The highest BCUT2D eigenvalue weighted by molar-refractivity contribution is 5.87. The molecule has 0 saturated heterocycles. The number of hydrogen-bond donors (Lipinski definition) is 1. The second-order valence-corrected chi connectivity index (χ2v) is 4.24. The maximum Gasteiger partial charge on any atom is 0.356 e. The predicted molar refractivity (Wildman–Crippen MR) is 72.9 cm³/mol. The van der Waals surface area contributed by atoms with Crippen LogP contribution in [0.3, 0.4) is 0 Å². The minimum absolute atomic E-state index is 0.0205. The van der Waals surface area contributed by atoms with E-state index in [1.165, 1.54) is 0 Å². The van der Waals surface area contributed by atoms with Crippen molar-refractivity contribution in [1.29, 1.82) is 0 Å². The van der Waals surface area contributed by atoms with Gasteiger partial charge in [0.15, 0.2) is 5.69 Å². The second-order valence-electron chi connectivity index (χ2n) is 4.24. The summed E-state index contributed by atoms with van der Waals surface area (Å²) in [5, 5.41) is 9.23. The predicted octanol–water partition coefficient (Wildman–Crippen LogP) is 2.61. The topological polar surface area (TPSA) is 63.8 Å². The maximum atomic E-state index is 11.3. The zero-order chi connectivity index (χ0) is 13.9. The van der Waals surface area contributed by atoms with Gasteiger partial charge in [-0.25, -0.2) is 9.78 Å². The van der Waals surface area contributed by atoms with Crippen molar-refractivity contribution in [2.24, 2.45) is 0 Å². The average molecular weight is 268 g/mol. The van der Waals surface area contributed by atoms with Crippen LogP contribution in [0, 0.1) is 0 Å². The molecule has 3 rings (SSSR count). The van der Waals surface area contributed by atoms with E-state index < -0.39 is 5.97 Å². The third-order valence-electron chi connectivity index (χ3n) is 2.95. The van der Waals surface area contributed by atoms with Crippen LogP contribution in [0.25, 0.3) is 5.65 Å². The van der Waals surface area contributed by atoms with Gasteiger partial charge >= 0.3 is 5.97 Å². The molecule has 1 N–H and O–H groups in total. The van der Waals surface area contributed by atoms with Gasteiger partial charge in [0.2, 0.25) is 0 Å². The highest BCUT2D eigenvalue weighted by atomic mass is 16.5. The smallest absolute Gasteiger partial charge is 0.356 e. The average Bonchev–Trinajstić information content (AvgIpc) is 2.85. The lowest BCUT2D eigenvalue weighted by Gasteiger charge is -2.06. The quantitative estimate of drug-likeness (QED) is 0.790. The summed E-state index contributed by atoms with van der Waals surface area (Å²) in [5.74, 6) is -0.366. The number of pyridine rings is 1. The summed E-state index contributed by atoms with van der Waals surface area (Å²) in [6, 6.07) is 14.7. The first-order valence-corrected chi connectivity index (χ1v) is 6.13. The van der Waals surface area contributed by atoms with Gasteiger partial charge in [0, 0.05) is 6.20 Å². The highest BCUT2D eigenvalue weighted by Gasteiger charge is 2.18. The van der Waals surface area contributed by atoms with Gasteiger partial charge in [-0.3, -0.25) is 4.40 Å². The van der Waals surface area contributed by atoms with Gasteiger partial charge in [-0.1, -0.05) is 24.3 Å². The van der Waals surface area contributed by atoms with Gasteiger partial charge < -0.3 is 9.84 Å². The lowest BCUT2D eigenvalue weighted by atomic mass is 10.3. The molecule has 0 amide bonds. The molecule has 0 saturated carbocycles. The molecule has 0 aliphatic heterocycles. The number of benzene rings is 1. The minimum atomic E-state index is -1.06. The number of fused-ring (bicyclic) bond motifs is 1. The zero-order valence-corrected chi connectivity index (χ0v) is 10.6. The SMILES string of the molecule is O=C(O)c1nc2ccccn2c1COc1ccccc1. The van der Waals surface area contributed by atoms with E-state index in [9.17, 15) is 9.90 Å². The van der Waals surface area contributed by atoms with Crippen molar-refractivity contribution in [3.05, 3.63) is 66.1 Å². The molecule has 0 fully saturated rings. The monoisotopic (exact) mass is 268 g/mol. The highest BCUT2D eigenvalue weighted by Crippen LogP contribution is 2.16. The molecule has 0 radical (unpaired) electrons. The lowest BCUT2D eigenvalue weighted by molar-refractivity contribution is 0.0688. The van der Waals surface area contributed by atoms with Crippen LogP contribution in [-0.4, -0.2) is 20.5 Å². The number of hydrogen-bond acceptors (Lipinski definition) is 3. The largest absolute Gasteiger partial charge is 0.487 e. The molecule has 20 heavy (non-hydrogen) atoms. The molecule has 5 nitrogen and oxygen atoms in total. The zero-order valence-electron chi connectivity index (χ0n) is 10.6. The van der Waals surface area contributed by atoms with Crippen LogP contribution in [0.2, 0.25) is 0 Å². The van der Waals surface area contributed by atoms with E-state index in [2.05, 4.69) is 4.98 Å². The molecule has 0 aliphatic rings. The molecular weight excluding hydrogens is 256 g/mol. The van der Waals surface area contributed by atoms with E-state index in [-0.39, 0.29) is 12.3 Å². The first-order valence-electron chi connectivity index (χ1n) is 6.13. The van der Waals surface area contributed by atoms with Crippen LogP contribution in [0.15, 0.2) is 54.7 Å². The molecule has 2 heterocycles. The summed E-state index contributed by atoms with van der Waals surface area (Å²) in [5.41, 5.74) is 1.14. The Balaban J connectivity index is 1.97. The van der Waals surface area contributed by atoms with E-state index in [4.69, 9.17) is 4.74 Å². The van der Waals surface area contributed by atoms with Gasteiger partial charge in [0.25, 0.3) is 0 Å². The van der Waals surface area contributed by atoms with Crippen LogP contribution in [0.4, 0.5) is 0 Å². The van der Waals surface area contributed by atoms with Gasteiger partial charge in [0.1, 0.15) is 18.0 Å². The van der Waals surface area contributed by atoms with Crippen molar-refractivity contribution in [2.45, 2.75) is 6.61 Å². The van der Waals surface area contributed by atoms with Crippen molar-refractivity contribution in [3.8, 4) is 5.75 Å². The maximum absolute atomic E-state index is 11.3. The molecule has 0 spiro atoms. The molecule has 3 aromatic rings. The number of aromatic nitrogens is 2. The Bertz CT molecular complexity index is 750. The third kappa shape index (κ3) is 2.21. The lowest BCUT2D eigenvalue weighted by Crippen LogP contribution is -2.07. The Kier molecular flexibility index (Phi) is 3.09. The minimum Gasteiger partial charge on any atom is -0.487 e. The molecule has 2 aromatic heterocycles. The summed E-state index contributed by atoms with van der Waals surface area (Å²) in [6.45, 7) is 0.150. The summed E-state index contributed by atoms with van der Waals surface area (Å²) >= 11 is 0. The standard InChI is InChI=1S/C15H12N2O3/c18-15(19)14-12(10-20-11-6-2-1-3-7-11)17-9-5-4-8-13(17)16-14/h1-9H,10H2,(H,18,19). The Morgan fingerprint density at radius 1 is 1.15 bits per heavy atom. The van der Waals surface area contributed by atoms with Gasteiger partial charge in [-0.05, 0) is 24.3 Å². The fraction of sp³-hybridized carbons (Fsp3) is 0.0667.